The first-order valence-electron chi connectivity index (χ1n) is 4.26. The Morgan fingerprint density at radius 3 is 2.65 bits per heavy atom. The first-order valence-corrected chi connectivity index (χ1v) is 6.02. The Morgan fingerprint density at radius 1 is 1.41 bits per heavy atom. The van der Waals surface area contributed by atoms with Crippen LogP contribution >= 0.6 is 22.7 Å². The molecule has 2 heterocycles. The predicted molar refractivity (Wildman–Crippen MR) is 63.8 cm³/mol. The Kier molecular flexibility index (Phi) is 3.02. The lowest BCUT2D eigenvalue weighted by Gasteiger charge is -2.09. The van der Waals surface area contributed by atoms with Gasteiger partial charge in [0.1, 0.15) is 0 Å². The molecule has 0 bridgehead atoms. The van der Waals surface area contributed by atoms with Crippen molar-refractivity contribution in [1.29, 1.82) is 0 Å². The number of hydrogen-bond acceptors (Lipinski definition) is 7. The summed E-state index contributed by atoms with van der Waals surface area (Å²) in [6, 6.07) is 0. The number of nitrogens with two attached hydrogens (primary N) is 1. The minimum Gasteiger partial charge on any atom is -0.476 e. The SMILES string of the molecule is Nc1nc(N(C=O)c2nc(C(=O)O)cs2)cs1. The van der Waals surface area contributed by atoms with Crippen LogP contribution in [0.1, 0.15) is 10.5 Å². The highest BCUT2D eigenvalue weighted by Gasteiger charge is 2.17. The van der Waals surface area contributed by atoms with Crippen molar-refractivity contribution in [3.05, 3.63) is 16.5 Å². The van der Waals surface area contributed by atoms with Gasteiger partial charge in [-0.2, -0.15) is 0 Å². The van der Waals surface area contributed by atoms with Gasteiger partial charge in [-0.15, -0.1) is 22.7 Å². The van der Waals surface area contributed by atoms with Crippen molar-refractivity contribution in [1.82, 2.24) is 9.97 Å². The molecule has 17 heavy (non-hydrogen) atoms. The fourth-order valence-corrected chi connectivity index (χ4v) is 2.37. The molecule has 0 fully saturated rings. The fourth-order valence-electron chi connectivity index (χ4n) is 1.06. The van der Waals surface area contributed by atoms with E-state index in [-0.39, 0.29) is 10.8 Å². The smallest absolute Gasteiger partial charge is 0.355 e. The maximum atomic E-state index is 11.0. The Labute approximate surface area is 103 Å². The molecule has 0 spiro atoms. The second-order valence-corrected chi connectivity index (χ2v) is 4.57. The summed E-state index contributed by atoms with van der Waals surface area (Å²) in [5.41, 5.74) is 5.35. The molecule has 2 rings (SSSR count). The molecular weight excluding hydrogens is 264 g/mol. The molecule has 0 saturated heterocycles. The molecule has 0 aromatic carbocycles. The van der Waals surface area contributed by atoms with Gasteiger partial charge in [-0.3, -0.25) is 4.79 Å². The van der Waals surface area contributed by atoms with Crippen LogP contribution in [0.3, 0.4) is 0 Å². The van der Waals surface area contributed by atoms with Crippen molar-refractivity contribution in [3.63, 3.8) is 0 Å². The Balaban J connectivity index is 2.35. The Hall–Kier alpha value is -2.00. The third-order valence-corrected chi connectivity index (χ3v) is 3.28. The number of nitrogens with zero attached hydrogens (tertiary/aromatic N) is 3. The van der Waals surface area contributed by atoms with Crippen molar-refractivity contribution in [3.8, 4) is 0 Å². The second kappa shape index (κ2) is 4.47. The number of carboxylic acid groups (broad SMARTS) is 1. The number of amides is 1. The van der Waals surface area contributed by atoms with Crippen LogP contribution in [0, 0.1) is 0 Å². The normalized spacial score (nSPS) is 10.1. The van der Waals surface area contributed by atoms with Crippen LogP contribution in [0.25, 0.3) is 0 Å². The molecule has 3 N–H and O–H groups in total. The summed E-state index contributed by atoms with van der Waals surface area (Å²) in [7, 11) is 0. The summed E-state index contributed by atoms with van der Waals surface area (Å²) in [6.07, 6.45) is 0.513. The van der Waals surface area contributed by atoms with E-state index in [1.807, 2.05) is 0 Å². The van der Waals surface area contributed by atoms with Gasteiger partial charge in [0.2, 0.25) is 6.41 Å². The van der Waals surface area contributed by atoms with Crippen molar-refractivity contribution in [2.75, 3.05) is 10.6 Å². The molecule has 9 heteroatoms. The molecule has 0 aliphatic rings. The fraction of sp³-hybridized carbons (Fsp3) is 0. The molecule has 1 amide bonds. The molecule has 0 aliphatic carbocycles. The van der Waals surface area contributed by atoms with Gasteiger partial charge in [-0.1, -0.05) is 0 Å². The maximum absolute atomic E-state index is 11.0. The topological polar surface area (TPSA) is 109 Å². The van der Waals surface area contributed by atoms with E-state index in [2.05, 4.69) is 9.97 Å². The highest BCUT2D eigenvalue weighted by Crippen LogP contribution is 2.28. The van der Waals surface area contributed by atoms with Crippen LogP contribution in [0.2, 0.25) is 0 Å². The van der Waals surface area contributed by atoms with Crippen molar-refractivity contribution in [2.24, 2.45) is 0 Å². The summed E-state index contributed by atoms with van der Waals surface area (Å²) >= 11 is 2.22. The van der Waals surface area contributed by atoms with E-state index in [1.54, 1.807) is 5.38 Å². The highest BCUT2D eigenvalue weighted by molar-refractivity contribution is 7.14. The Morgan fingerprint density at radius 2 is 2.18 bits per heavy atom. The van der Waals surface area contributed by atoms with Crippen molar-refractivity contribution in [2.45, 2.75) is 0 Å². The average Bonchev–Trinajstić information content (AvgIpc) is 2.89. The van der Waals surface area contributed by atoms with Crippen LogP contribution in [0.4, 0.5) is 16.1 Å². The zero-order chi connectivity index (χ0) is 12.4. The van der Waals surface area contributed by atoms with Crippen molar-refractivity contribution < 1.29 is 14.7 Å². The third kappa shape index (κ3) is 2.24. The first-order chi connectivity index (χ1) is 8.11. The van der Waals surface area contributed by atoms with E-state index in [4.69, 9.17) is 10.8 Å². The molecule has 2 aromatic heterocycles. The van der Waals surface area contributed by atoms with E-state index >= 15 is 0 Å². The van der Waals surface area contributed by atoms with E-state index in [1.165, 1.54) is 16.7 Å². The lowest BCUT2D eigenvalue weighted by Crippen LogP contribution is -2.14. The molecule has 88 valence electrons. The van der Waals surface area contributed by atoms with Gasteiger partial charge in [0, 0.05) is 10.8 Å². The van der Waals surface area contributed by atoms with Crippen LogP contribution in [-0.2, 0) is 4.79 Å². The molecular formula is C8H6N4O3S2. The summed E-state index contributed by atoms with van der Waals surface area (Å²) < 4.78 is 0. The monoisotopic (exact) mass is 270 g/mol. The van der Waals surface area contributed by atoms with E-state index in [0.717, 1.165) is 16.2 Å². The van der Waals surface area contributed by atoms with Crippen molar-refractivity contribution >= 4 is 51.1 Å². The summed E-state index contributed by atoms with van der Waals surface area (Å²) in [4.78, 5) is 30.5. The van der Waals surface area contributed by atoms with E-state index in [0.29, 0.717) is 17.4 Å². The minimum absolute atomic E-state index is 0.111. The number of hydrogen-bond donors (Lipinski definition) is 2. The predicted octanol–water partition coefficient (Wildman–Crippen LogP) is 1.17. The van der Waals surface area contributed by atoms with Gasteiger partial charge in [0.15, 0.2) is 21.8 Å². The zero-order valence-electron chi connectivity index (χ0n) is 8.23. The van der Waals surface area contributed by atoms with E-state index in [9.17, 15) is 9.59 Å². The number of nitrogen functional groups attached to an aromatic ring is 1. The van der Waals surface area contributed by atoms with Crippen LogP contribution in [-0.4, -0.2) is 27.5 Å². The maximum Gasteiger partial charge on any atom is 0.355 e. The van der Waals surface area contributed by atoms with Gasteiger partial charge in [0.25, 0.3) is 0 Å². The molecule has 0 radical (unpaired) electrons. The number of carbonyl (C=O) groups is 2. The van der Waals surface area contributed by atoms with Gasteiger partial charge in [-0.05, 0) is 0 Å². The number of rotatable bonds is 4. The quantitative estimate of drug-likeness (QED) is 0.807. The van der Waals surface area contributed by atoms with Gasteiger partial charge < -0.3 is 10.8 Å². The lowest BCUT2D eigenvalue weighted by molar-refractivity contribution is -0.106. The van der Waals surface area contributed by atoms with Gasteiger partial charge in [-0.25, -0.2) is 19.7 Å². The molecule has 2 aromatic rings. The molecule has 7 nitrogen and oxygen atoms in total. The lowest BCUT2D eigenvalue weighted by atomic mass is 10.5. The van der Waals surface area contributed by atoms with E-state index < -0.39 is 5.97 Å². The standard InChI is InChI=1S/C8H6N4O3S2/c9-7-11-5(2-16-7)12(3-13)8-10-4(1-17-8)6(14)15/h1-3H,(H2,9,11)(H,14,15). The summed E-state index contributed by atoms with van der Waals surface area (Å²) in [5.74, 6) is -0.815. The minimum atomic E-state index is -1.14. The number of carboxylic acids is 1. The Bertz CT molecular complexity index is 565. The molecule has 0 aliphatic heterocycles. The van der Waals surface area contributed by atoms with Gasteiger partial charge in [0.05, 0.1) is 0 Å². The number of thiazole rings is 2. The summed E-state index contributed by atoms with van der Waals surface area (Å²) in [6.45, 7) is 0. The number of carbonyl (C=O) groups excluding carboxylic acids is 1. The summed E-state index contributed by atoms with van der Waals surface area (Å²) in [5, 5.41) is 12.2. The molecule has 0 saturated carbocycles. The van der Waals surface area contributed by atoms with Crippen LogP contribution in [0.15, 0.2) is 10.8 Å². The second-order valence-electron chi connectivity index (χ2n) is 2.84. The first kappa shape index (κ1) is 11.5. The van der Waals surface area contributed by atoms with Crippen LogP contribution in [0.5, 0.6) is 0 Å². The number of anilines is 3. The highest BCUT2D eigenvalue weighted by atomic mass is 32.1. The average molecular weight is 270 g/mol. The molecule has 0 unspecified atom stereocenters. The largest absolute Gasteiger partial charge is 0.476 e. The number of aromatic nitrogens is 2. The van der Waals surface area contributed by atoms with Gasteiger partial charge >= 0.3 is 5.97 Å². The third-order valence-electron chi connectivity index (χ3n) is 1.78. The van der Waals surface area contributed by atoms with Crippen LogP contribution < -0.4 is 10.6 Å². The molecule has 0 atom stereocenters. The number of aromatic carboxylic acids is 1. The zero-order valence-corrected chi connectivity index (χ0v) is 9.86.